The van der Waals surface area contributed by atoms with Crippen LogP contribution in [0.2, 0.25) is 0 Å². The summed E-state index contributed by atoms with van der Waals surface area (Å²) in [4.78, 5) is 4.22. The van der Waals surface area contributed by atoms with Gasteiger partial charge < -0.3 is 5.73 Å². The third-order valence-corrected chi connectivity index (χ3v) is 2.78. The molecule has 13 heavy (non-hydrogen) atoms. The van der Waals surface area contributed by atoms with Crippen LogP contribution in [0.25, 0.3) is 0 Å². The fourth-order valence-corrected chi connectivity index (χ4v) is 1.95. The maximum atomic E-state index is 5.63. The van der Waals surface area contributed by atoms with E-state index in [1.54, 1.807) is 11.8 Å². The van der Waals surface area contributed by atoms with Gasteiger partial charge in [-0.15, -0.1) is 12.4 Å². The Morgan fingerprint density at radius 1 is 1.23 bits per heavy atom. The second-order valence-corrected chi connectivity index (χ2v) is 3.71. The lowest BCUT2D eigenvalue weighted by atomic mass is 10.1. The highest BCUT2D eigenvalue weighted by Crippen LogP contribution is 2.20. The van der Waals surface area contributed by atoms with Crippen molar-refractivity contribution in [2.45, 2.75) is 12.3 Å². The molecular formula is C9H11ClN2S. The number of halogens is 1. The summed E-state index contributed by atoms with van der Waals surface area (Å²) in [6, 6.07) is 8.34. The highest BCUT2D eigenvalue weighted by molar-refractivity contribution is 8.13. The molecule has 0 amide bonds. The van der Waals surface area contributed by atoms with Crippen LogP contribution in [-0.4, -0.2) is 5.17 Å². The van der Waals surface area contributed by atoms with Crippen LogP contribution in [-0.2, 0) is 12.3 Å². The van der Waals surface area contributed by atoms with Crippen molar-refractivity contribution in [3.8, 4) is 0 Å². The molecule has 70 valence electrons. The van der Waals surface area contributed by atoms with Gasteiger partial charge in [0, 0.05) is 5.75 Å². The van der Waals surface area contributed by atoms with E-state index in [-0.39, 0.29) is 12.4 Å². The average Bonchev–Trinajstić information content (AvgIpc) is 2.29. The summed E-state index contributed by atoms with van der Waals surface area (Å²) in [5.41, 5.74) is 8.28. The standard InChI is InChI=1S/C9H10N2S.ClH/c10-9-11-5-7-3-1-2-4-8(7)6-12-9;/h1-4H,5-6H2,(H2,10,11);1H. The van der Waals surface area contributed by atoms with Crippen molar-refractivity contribution in [2.75, 3.05) is 0 Å². The second kappa shape index (κ2) is 4.53. The largest absolute Gasteiger partial charge is 0.379 e. The van der Waals surface area contributed by atoms with E-state index in [1.807, 2.05) is 6.07 Å². The van der Waals surface area contributed by atoms with Crippen LogP contribution < -0.4 is 5.73 Å². The monoisotopic (exact) mass is 214 g/mol. The predicted molar refractivity (Wildman–Crippen MR) is 60.3 cm³/mol. The van der Waals surface area contributed by atoms with Gasteiger partial charge in [0.15, 0.2) is 5.17 Å². The highest BCUT2D eigenvalue weighted by atomic mass is 35.5. The van der Waals surface area contributed by atoms with Crippen LogP contribution in [0.4, 0.5) is 0 Å². The molecule has 0 spiro atoms. The summed E-state index contributed by atoms with van der Waals surface area (Å²) < 4.78 is 0. The topological polar surface area (TPSA) is 38.4 Å². The smallest absolute Gasteiger partial charge is 0.154 e. The molecule has 0 bridgehead atoms. The molecular weight excluding hydrogens is 204 g/mol. The zero-order valence-corrected chi connectivity index (χ0v) is 8.70. The number of aliphatic imine (C=N–C) groups is 1. The van der Waals surface area contributed by atoms with Crippen molar-refractivity contribution in [3.05, 3.63) is 35.4 Å². The maximum Gasteiger partial charge on any atom is 0.154 e. The fourth-order valence-electron chi connectivity index (χ4n) is 1.21. The molecule has 1 aromatic carbocycles. The summed E-state index contributed by atoms with van der Waals surface area (Å²) in [6.07, 6.45) is 0. The van der Waals surface area contributed by atoms with Crippen LogP contribution >= 0.6 is 24.2 Å². The van der Waals surface area contributed by atoms with Gasteiger partial charge in [0.05, 0.1) is 6.54 Å². The number of benzene rings is 1. The van der Waals surface area contributed by atoms with Gasteiger partial charge in [-0.25, -0.2) is 0 Å². The predicted octanol–water partition coefficient (Wildman–Crippen LogP) is 2.17. The normalized spacial score (nSPS) is 14.9. The Morgan fingerprint density at radius 2 is 1.92 bits per heavy atom. The molecule has 4 heteroatoms. The van der Waals surface area contributed by atoms with Gasteiger partial charge >= 0.3 is 0 Å². The Bertz CT molecular complexity index is 325. The second-order valence-electron chi connectivity index (χ2n) is 2.71. The van der Waals surface area contributed by atoms with Crippen LogP contribution in [0.15, 0.2) is 29.3 Å². The Hall–Kier alpha value is -0.670. The molecule has 0 aliphatic carbocycles. The first-order valence-corrected chi connectivity index (χ1v) is 4.84. The number of thioether (sulfide) groups is 1. The molecule has 0 saturated carbocycles. The molecule has 1 heterocycles. The van der Waals surface area contributed by atoms with Gasteiger partial charge in [0.25, 0.3) is 0 Å². The first kappa shape index (κ1) is 10.4. The van der Waals surface area contributed by atoms with Crippen LogP contribution in [0.1, 0.15) is 11.1 Å². The number of fused-ring (bicyclic) bond motifs is 1. The van der Waals surface area contributed by atoms with Gasteiger partial charge in [-0.3, -0.25) is 4.99 Å². The van der Waals surface area contributed by atoms with Gasteiger partial charge in [0.2, 0.25) is 0 Å². The molecule has 0 aromatic heterocycles. The zero-order chi connectivity index (χ0) is 8.39. The van der Waals surface area contributed by atoms with Gasteiger partial charge in [0.1, 0.15) is 0 Å². The molecule has 0 fully saturated rings. The van der Waals surface area contributed by atoms with E-state index < -0.39 is 0 Å². The fraction of sp³-hybridized carbons (Fsp3) is 0.222. The molecule has 0 radical (unpaired) electrons. The summed E-state index contributed by atoms with van der Waals surface area (Å²) in [5.74, 6) is 0.950. The number of nitrogens with two attached hydrogens (primary N) is 1. The van der Waals surface area contributed by atoms with Crippen molar-refractivity contribution in [3.63, 3.8) is 0 Å². The molecule has 0 atom stereocenters. The minimum Gasteiger partial charge on any atom is -0.379 e. The average molecular weight is 215 g/mol. The lowest BCUT2D eigenvalue weighted by molar-refractivity contribution is 1.05. The van der Waals surface area contributed by atoms with Gasteiger partial charge in [-0.2, -0.15) is 0 Å². The van der Waals surface area contributed by atoms with E-state index in [0.29, 0.717) is 5.17 Å². The van der Waals surface area contributed by atoms with Gasteiger partial charge in [-0.05, 0) is 11.1 Å². The lowest BCUT2D eigenvalue weighted by Gasteiger charge is -2.01. The van der Waals surface area contributed by atoms with E-state index in [4.69, 9.17) is 5.73 Å². The van der Waals surface area contributed by atoms with Crippen LogP contribution in [0, 0.1) is 0 Å². The first-order chi connectivity index (χ1) is 5.86. The van der Waals surface area contributed by atoms with E-state index >= 15 is 0 Å². The third kappa shape index (κ3) is 2.39. The third-order valence-electron chi connectivity index (χ3n) is 1.90. The molecule has 0 saturated heterocycles. The molecule has 1 aliphatic rings. The maximum absolute atomic E-state index is 5.63. The Balaban J connectivity index is 0.000000845. The van der Waals surface area contributed by atoms with E-state index in [9.17, 15) is 0 Å². The number of hydrogen-bond acceptors (Lipinski definition) is 3. The van der Waals surface area contributed by atoms with Gasteiger partial charge in [-0.1, -0.05) is 36.0 Å². The van der Waals surface area contributed by atoms with Crippen molar-refractivity contribution >= 4 is 29.3 Å². The minimum atomic E-state index is 0. The number of nitrogens with zero attached hydrogens (tertiary/aromatic N) is 1. The Labute approximate surface area is 88.0 Å². The van der Waals surface area contributed by atoms with Crippen LogP contribution in [0.5, 0.6) is 0 Å². The molecule has 1 aliphatic heterocycles. The summed E-state index contributed by atoms with van der Waals surface area (Å²) in [6.45, 7) is 0.731. The van der Waals surface area contributed by atoms with E-state index in [2.05, 4.69) is 23.2 Å². The van der Waals surface area contributed by atoms with Crippen LogP contribution in [0.3, 0.4) is 0 Å². The van der Waals surface area contributed by atoms with Crippen molar-refractivity contribution in [1.29, 1.82) is 0 Å². The SMILES string of the molecule is Cl.NC1=NCc2ccccc2CS1. The first-order valence-electron chi connectivity index (χ1n) is 3.86. The molecule has 1 aromatic rings. The lowest BCUT2D eigenvalue weighted by Crippen LogP contribution is -2.04. The minimum absolute atomic E-state index is 0. The number of rotatable bonds is 0. The Morgan fingerprint density at radius 3 is 2.69 bits per heavy atom. The number of hydrogen-bond donors (Lipinski definition) is 1. The van der Waals surface area contributed by atoms with Crippen molar-refractivity contribution in [1.82, 2.24) is 0 Å². The Kier molecular flexibility index (Phi) is 3.63. The molecule has 0 unspecified atom stereocenters. The summed E-state index contributed by atoms with van der Waals surface area (Å²) in [5, 5.41) is 0.700. The van der Waals surface area contributed by atoms with Crippen molar-refractivity contribution < 1.29 is 0 Å². The van der Waals surface area contributed by atoms with E-state index in [1.165, 1.54) is 11.1 Å². The summed E-state index contributed by atoms with van der Waals surface area (Å²) in [7, 11) is 0. The zero-order valence-electron chi connectivity index (χ0n) is 7.06. The quantitative estimate of drug-likeness (QED) is 0.719. The molecule has 2 N–H and O–H groups in total. The van der Waals surface area contributed by atoms with E-state index in [0.717, 1.165) is 12.3 Å². The molecule has 2 rings (SSSR count). The molecule has 2 nitrogen and oxygen atoms in total. The van der Waals surface area contributed by atoms with Crippen molar-refractivity contribution in [2.24, 2.45) is 10.7 Å². The summed E-state index contributed by atoms with van der Waals surface area (Å²) >= 11 is 1.61. The number of amidine groups is 1. The highest BCUT2D eigenvalue weighted by Gasteiger charge is 2.06.